The normalized spacial score (nSPS) is 18.1. The molecule has 2 aliphatic heterocycles. The van der Waals surface area contributed by atoms with E-state index in [1.165, 1.54) is 11.1 Å². The second-order valence-electron chi connectivity index (χ2n) is 8.87. The highest BCUT2D eigenvalue weighted by atomic mass is 16.5. The van der Waals surface area contributed by atoms with Gasteiger partial charge in [-0.1, -0.05) is 17.7 Å². The van der Waals surface area contributed by atoms with Gasteiger partial charge in [0.1, 0.15) is 11.3 Å². The van der Waals surface area contributed by atoms with Crippen molar-refractivity contribution in [2.24, 2.45) is 0 Å². The fourth-order valence-electron chi connectivity index (χ4n) is 5.09. The summed E-state index contributed by atoms with van der Waals surface area (Å²) >= 11 is 0. The number of H-pyrrole nitrogens is 1. The molecule has 2 aromatic carbocycles. The number of benzene rings is 2. The van der Waals surface area contributed by atoms with Crippen LogP contribution in [0.25, 0.3) is 16.6 Å². The maximum absolute atomic E-state index is 13.5. The van der Waals surface area contributed by atoms with Crippen LogP contribution in [0.3, 0.4) is 0 Å². The Balaban J connectivity index is 1.49. The SMILES string of the molecule is Cc1ccc2c(c1)CCN2C(=O)c1cc2[nH]c(=O)c3cnc(C4CCOC4)n3c2cc1C. The van der Waals surface area contributed by atoms with Gasteiger partial charge in [0.05, 0.1) is 23.8 Å². The average molecular weight is 428 g/mol. The molecule has 0 bridgehead atoms. The summed E-state index contributed by atoms with van der Waals surface area (Å²) in [6, 6.07) is 10.0. The summed E-state index contributed by atoms with van der Waals surface area (Å²) in [6.45, 7) is 5.99. The number of fused-ring (bicyclic) bond motifs is 4. The number of hydrogen-bond donors (Lipinski definition) is 1. The Hall–Kier alpha value is -3.45. The van der Waals surface area contributed by atoms with Crippen LogP contribution in [0.15, 0.2) is 41.3 Å². The van der Waals surface area contributed by atoms with E-state index in [0.29, 0.717) is 36.4 Å². The van der Waals surface area contributed by atoms with Crippen LogP contribution in [0, 0.1) is 13.8 Å². The van der Waals surface area contributed by atoms with E-state index in [4.69, 9.17) is 4.74 Å². The minimum Gasteiger partial charge on any atom is -0.381 e. The van der Waals surface area contributed by atoms with Crippen molar-refractivity contribution in [3.63, 3.8) is 0 Å². The summed E-state index contributed by atoms with van der Waals surface area (Å²) in [6.07, 6.45) is 3.37. The molecular formula is C25H24N4O3. The molecule has 32 heavy (non-hydrogen) atoms. The maximum atomic E-state index is 13.5. The Kier molecular flexibility index (Phi) is 4.23. The van der Waals surface area contributed by atoms with E-state index in [2.05, 4.69) is 23.0 Å². The molecule has 6 rings (SSSR count). The van der Waals surface area contributed by atoms with Crippen molar-refractivity contribution < 1.29 is 9.53 Å². The standard InChI is InChI=1S/C25H24N4O3/c1-14-3-4-20-16(9-14)5-7-28(20)25(31)18-11-19-21(10-15(18)2)29-22(24(30)27-19)12-26-23(29)17-6-8-32-13-17/h3-4,9-12,17H,5-8,13H2,1-2H3,(H,27,30). The van der Waals surface area contributed by atoms with Gasteiger partial charge in [0.25, 0.3) is 11.5 Å². The second-order valence-corrected chi connectivity index (χ2v) is 8.87. The summed E-state index contributed by atoms with van der Waals surface area (Å²) in [5, 5.41) is 0. The predicted octanol–water partition coefficient (Wildman–Crippen LogP) is 3.50. The fraction of sp³-hybridized carbons (Fsp3) is 0.320. The van der Waals surface area contributed by atoms with Crippen molar-refractivity contribution in [3.8, 4) is 0 Å². The van der Waals surface area contributed by atoms with E-state index in [9.17, 15) is 9.59 Å². The van der Waals surface area contributed by atoms with Gasteiger partial charge in [-0.05, 0) is 56.0 Å². The summed E-state index contributed by atoms with van der Waals surface area (Å²) < 4.78 is 7.48. The van der Waals surface area contributed by atoms with Gasteiger partial charge in [-0.15, -0.1) is 0 Å². The summed E-state index contributed by atoms with van der Waals surface area (Å²) in [5.74, 6) is 0.965. The molecule has 2 aromatic heterocycles. The number of aryl methyl sites for hydroxylation is 2. The van der Waals surface area contributed by atoms with Crippen LogP contribution in [-0.4, -0.2) is 40.0 Å². The van der Waals surface area contributed by atoms with Gasteiger partial charge in [0.2, 0.25) is 0 Å². The molecule has 1 amide bonds. The van der Waals surface area contributed by atoms with Crippen LogP contribution < -0.4 is 10.5 Å². The van der Waals surface area contributed by atoms with Crippen LogP contribution in [0.5, 0.6) is 0 Å². The van der Waals surface area contributed by atoms with Gasteiger partial charge in [0.15, 0.2) is 0 Å². The monoisotopic (exact) mass is 428 g/mol. The molecule has 4 aromatic rings. The van der Waals surface area contributed by atoms with Crippen molar-refractivity contribution in [1.29, 1.82) is 0 Å². The number of hydrogen-bond acceptors (Lipinski definition) is 4. The molecule has 0 aliphatic carbocycles. The van der Waals surface area contributed by atoms with E-state index in [-0.39, 0.29) is 17.4 Å². The lowest BCUT2D eigenvalue weighted by atomic mass is 10.0. The van der Waals surface area contributed by atoms with E-state index in [1.54, 1.807) is 6.20 Å². The first-order chi connectivity index (χ1) is 15.5. The number of aromatic nitrogens is 3. The number of carbonyl (C=O) groups is 1. The average Bonchev–Trinajstić information content (AvgIpc) is 3.52. The molecule has 4 heterocycles. The number of amides is 1. The third kappa shape index (κ3) is 2.81. The molecule has 0 spiro atoms. The third-order valence-corrected chi connectivity index (χ3v) is 6.75. The zero-order chi connectivity index (χ0) is 22.0. The summed E-state index contributed by atoms with van der Waals surface area (Å²) in [5.41, 5.74) is 6.65. The number of anilines is 1. The lowest BCUT2D eigenvalue weighted by molar-refractivity contribution is 0.0989. The molecular weight excluding hydrogens is 404 g/mol. The first-order valence-corrected chi connectivity index (χ1v) is 11.0. The zero-order valence-electron chi connectivity index (χ0n) is 18.1. The first kappa shape index (κ1) is 19.3. The number of nitrogens with zero attached hydrogens (tertiary/aromatic N) is 3. The quantitative estimate of drug-likeness (QED) is 0.530. The fourth-order valence-corrected chi connectivity index (χ4v) is 5.09. The summed E-state index contributed by atoms with van der Waals surface area (Å²) in [4.78, 5) is 35.7. The lowest BCUT2D eigenvalue weighted by Gasteiger charge is -2.19. The van der Waals surface area contributed by atoms with E-state index in [1.807, 2.05) is 40.5 Å². The number of rotatable bonds is 2. The highest BCUT2D eigenvalue weighted by Crippen LogP contribution is 2.32. The minimum absolute atomic E-state index is 0.0389. The van der Waals surface area contributed by atoms with E-state index < -0.39 is 0 Å². The number of nitrogens with one attached hydrogen (secondary N) is 1. The number of aromatic amines is 1. The van der Waals surface area contributed by atoms with Crippen LogP contribution in [-0.2, 0) is 11.2 Å². The molecule has 0 saturated carbocycles. The van der Waals surface area contributed by atoms with Crippen LogP contribution >= 0.6 is 0 Å². The van der Waals surface area contributed by atoms with Gasteiger partial charge >= 0.3 is 0 Å². The largest absolute Gasteiger partial charge is 0.381 e. The van der Waals surface area contributed by atoms with Gasteiger partial charge < -0.3 is 14.6 Å². The van der Waals surface area contributed by atoms with E-state index in [0.717, 1.165) is 35.4 Å². The molecule has 0 radical (unpaired) electrons. The zero-order valence-corrected chi connectivity index (χ0v) is 18.1. The molecule has 1 saturated heterocycles. The van der Waals surface area contributed by atoms with Crippen molar-refractivity contribution >= 4 is 28.1 Å². The van der Waals surface area contributed by atoms with Crippen molar-refractivity contribution in [3.05, 3.63) is 75.0 Å². The molecule has 1 fully saturated rings. The Labute approximate surface area is 184 Å². The van der Waals surface area contributed by atoms with Gasteiger partial charge in [-0.2, -0.15) is 0 Å². The second kappa shape index (κ2) is 7.03. The number of ether oxygens (including phenoxy) is 1. The molecule has 2 aliphatic rings. The van der Waals surface area contributed by atoms with Crippen LogP contribution in [0.4, 0.5) is 5.69 Å². The smallest absolute Gasteiger partial charge is 0.274 e. The van der Waals surface area contributed by atoms with Gasteiger partial charge in [0, 0.05) is 30.3 Å². The Morgan fingerprint density at radius 3 is 2.88 bits per heavy atom. The molecule has 7 nitrogen and oxygen atoms in total. The van der Waals surface area contributed by atoms with Crippen molar-refractivity contribution in [2.75, 3.05) is 24.7 Å². The topological polar surface area (TPSA) is 79.7 Å². The minimum atomic E-state index is -0.209. The van der Waals surface area contributed by atoms with Crippen LogP contribution in [0.1, 0.15) is 45.2 Å². The maximum Gasteiger partial charge on any atom is 0.274 e. The predicted molar refractivity (Wildman–Crippen MR) is 123 cm³/mol. The van der Waals surface area contributed by atoms with Crippen LogP contribution in [0.2, 0.25) is 0 Å². The van der Waals surface area contributed by atoms with Crippen molar-refractivity contribution in [1.82, 2.24) is 14.4 Å². The highest BCUT2D eigenvalue weighted by molar-refractivity contribution is 6.09. The number of carbonyl (C=O) groups excluding carboxylic acids is 1. The van der Waals surface area contributed by atoms with Gasteiger partial charge in [-0.3, -0.25) is 14.0 Å². The lowest BCUT2D eigenvalue weighted by Crippen LogP contribution is -2.29. The molecule has 1 atom stereocenters. The Bertz CT molecular complexity index is 1460. The first-order valence-electron chi connectivity index (χ1n) is 11.0. The van der Waals surface area contributed by atoms with E-state index >= 15 is 0 Å². The van der Waals surface area contributed by atoms with Crippen molar-refractivity contribution in [2.45, 2.75) is 32.6 Å². The highest BCUT2D eigenvalue weighted by Gasteiger charge is 2.28. The Morgan fingerprint density at radius 2 is 2.06 bits per heavy atom. The Morgan fingerprint density at radius 1 is 1.19 bits per heavy atom. The molecule has 7 heteroatoms. The summed E-state index contributed by atoms with van der Waals surface area (Å²) in [7, 11) is 0. The molecule has 162 valence electrons. The molecule has 1 N–H and O–H groups in total. The molecule has 1 unspecified atom stereocenters. The number of imidazole rings is 1. The van der Waals surface area contributed by atoms with Gasteiger partial charge in [-0.25, -0.2) is 4.98 Å². The third-order valence-electron chi connectivity index (χ3n) is 6.75.